The summed E-state index contributed by atoms with van der Waals surface area (Å²) in [7, 11) is -1.83. The van der Waals surface area contributed by atoms with Gasteiger partial charge in [0.1, 0.15) is 23.0 Å². The van der Waals surface area contributed by atoms with Gasteiger partial charge in [-0.15, -0.1) is 0 Å². The molecule has 2 aliphatic rings. The summed E-state index contributed by atoms with van der Waals surface area (Å²) in [5.41, 5.74) is 8.00. The highest BCUT2D eigenvalue weighted by Crippen LogP contribution is 2.43. The molecule has 0 aromatic heterocycles. The van der Waals surface area contributed by atoms with Crippen LogP contribution in [0.25, 0.3) is 10.8 Å². The summed E-state index contributed by atoms with van der Waals surface area (Å²) >= 11 is 0. The van der Waals surface area contributed by atoms with Crippen LogP contribution in [-0.4, -0.2) is 14.8 Å². The number of para-hydroxylation sites is 2. The molecule has 2 aliphatic heterocycles. The van der Waals surface area contributed by atoms with Crippen LogP contribution in [0.3, 0.4) is 0 Å². The van der Waals surface area contributed by atoms with E-state index in [2.05, 4.69) is 141 Å². The van der Waals surface area contributed by atoms with Crippen molar-refractivity contribution >= 4 is 64.2 Å². The van der Waals surface area contributed by atoms with Gasteiger partial charge in [0.2, 0.25) is 0 Å². The molecule has 0 saturated carbocycles. The second-order valence-corrected chi connectivity index (χ2v) is 17.7. The van der Waals surface area contributed by atoms with Crippen molar-refractivity contribution in [3.8, 4) is 23.0 Å². The lowest BCUT2D eigenvalue weighted by molar-refractivity contribution is 0.465. The van der Waals surface area contributed by atoms with E-state index >= 15 is 0 Å². The van der Waals surface area contributed by atoms with Gasteiger partial charge in [0, 0.05) is 29.0 Å². The zero-order valence-corrected chi connectivity index (χ0v) is 25.9. The number of ether oxygens (including phenoxy) is 2. The van der Waals surface area contributed by atoms with Crippen molar-refractivity contribution in [3.63, 3.8) is 0 Å². The van der Waals surface area contributed by atoms with E-state index in [4.69, 9.17) is 9.47 Å². The van der Waals surface area contributed by atoms with Crippen LogP contribution in [0.1, 0.15) is 5.56 Å². The predicted octanol–water partition coefficient (Wildman–Crippen LogP) is 7.89. The van der Waals surface area contributed by atoms with E-state index in [0.29, 0.717) is 0 Å². The summed E-state index contributed by atoms with van der Waals surface area (Å²) in [5.74, 6) is 3.49. The molecule has 5 heteroatoms. The molecule has 0 saturated heterocycles. The predicted molar refractivity (Wildman–Crippen MR) is 184 cm³/mol. The Hall–Kier alpha value is -4.74. The van der Waals surface area contributed by atoms with E-state index < -0.39 is 8.07 Å². The fourth-order valence-corrected chi connectivity index (χ4v) is 8.86. The van der Waals surface area contributed by atoms with Gasteiger partial charge < -0.3 is 14.4 Å². The Balaban J connectivity index is 1.41. The third-order valence-electron chi connectivity index (χ3n) is 8.73. The largest absolute Gasteiger partial charge is 0.458 e. The SMILES string of the molecule is Cc1ccc(N(c2cc3c4c(c2)Oc2ccccc2B4c2ccccc2O3)c2ccc3ccccc3c2[Si](C)(C)C)cc1. The molecule has 0 unspecified atom stereocenters. The average molecular weight is 574 g/mol. The fraction of sp³-hybridized carbons (Fsp3) is 0.105. The van der Waals surface area contributed by atoms with Crippen molar-refractivity contribution in [3.05, 3.63) is 127 Å². The van der Waals surface area contributed by atoms with Crippen molar-refractivity contribution in [2.45, 2.75) is 26.6 Å². The first-order valence-corrected chi connectivity index (χ1v) is 18.5. The molecule has 3 nitrogen and oxygen atoms in total. The van der Waals surface area contributed by atoms with Gasteiger partial charge in [0.15, 0.2) is 0 Å². The number of rotatable bonds is 4. The topological polar surface area (TPSA) is 21.7 Å². The minimum atomic E-state index is -1.83. The number of aryl methyl sites for hydroxylation is 1. The van der Waals surface area contributed by atoms with Crippen LogP contribution in [0.2, 0.25) is 19.6 Å². The number of nitrogens with zero attached hydrogens (tertiary/aromatic N) is 1. The van der Waals surface area contributed by atoms with Gasteiger partial charge in [-0.05, 0) is 64.1 Å². The Morgan fingerprint density at radius 2 is 1.16 bits per heavy atom. The maximum absolute atomic E-state index is 6.69. The van der Waals surface area contributed by atoms with E-state index in [0.717, 1.165) is 39.8 Å². The van der Waals surface area contributed by atoms with Crippen LogP contribution in [0, 0.1) is 6.92 Å². The molecule has 2 heterocycles. The summed E-state index contributed by atoms with van der Waals surface area (Å²) < 4.78 is 13.4. The lowest BCUT2D eigenvalue weighted by Crippen LogP contribution is -2.57. The quantitative estimate of drug-likeness (QED) is 0.200. The highest BCUT2D eigenvalue weighted by Gasteiger charge is 2.40. The molecule has 0 amide bonds. The van der Waals surface area contributed by atoms with Gasteiger partial charge >= 0.3 is 0 Å². The number of anilines is 3. The zero-order chi connectivity index (χ0) is 29.3. The number of benzene rings is 6. The first-order chi connectivity index (χ1) is 20.9. The van der Waals surface area contributed by atoms with Crippen molar-refractivity contribution in [2.75, 3.05) is 4.90 Å². The Kier molecular flexibility index (Phi) is 5.82. The third kappa shape index (κ3) is 4.18. The van der Waals surface area contributed by atoms with Crippen molar-refractivity contribution in [1.82, 2.24) is 0 Å². The molecule has 0 aliphatic carbocycles. The number of hydrogen-bond acceptors (Lipinski definition) is 3. The molecular weight excluding hydrogens is 541 g/mol. The minimum absolute atomic E-state index is 0.0555. The Morgan fingerprint density at radius 1 is 0.581 bits per heavy atom. The van der Waals surface area contributed by atoms with Crippen molar-refractivity contribution in [2.24, 2.45) is 0 Å². The lowest BCUT2D eigenvalue weighted by atomic mass is 9.35. The van der Waals surface area contributed by atoms with E-state index in [1.807, 2.05) is 12.1 Å². The summed E-state index contributed by atoms with van der Waals surface area (Å²) in [6, 6.07) is 43.4. The maximum Gasteiger partial charge on any atom is 0.260 e. The highest BCUT2D eigenvalue weighted by molar-refractivity contribution is 6.98. The molecule has 6 aromatic carbocycles. The molecule has 0 radical (unpaired) electrons. The molecule has 43 heavy (non-hydrogen) atoms. The van der Waals surface area contributed by atoms with Gasteiger partial charge in [-0.25, -0.2) is 0 Å². The van der Waals surface area contributed by atoms with Gasteiger partial charge in [-0.2, -0.15) is 0 Å². The van der Waals surface area contributed by atoms with E-state index in [9.17, 15) is 0 Å². The molecule has 0 fully saturated rings. The second kappa shape index (κ2) is 9.65. The van der Waals surface area contributed by atoms with Crippen LogP contribution in [0.4, 0.5) is 17.1 Å². The minimum Gasteiger partial charge on any atom is -0.458 e. The summed E-state index contributed by atoms with van der Waals surface area (Å²) in [6.45, 7) is 9.50. The molecule has 0 N–H and O–H groups in total. The fourth-order valence-electron chi connectivity index (χ4n) is 6.86. The van der Waals surface area contributed by atoms with Crippen LogP contribution < -0.4 is 35.9 Å². The third-order valence-corrected chi connectivity index (χ3v) is 10.8. The molecule has 0 atom stereocenters. The van der Waals surface area contributed by atoms with Gasteiger partial charge in [-0.1, -0.05) is 104 Å². The van der Waals surface area contributed by atoms with E-state index in [-0.39, 0.29) is 6.71 Å². The van der Waals surface area contributed by atoms with Crippen molar-refractivity contribution in [1.29, 1.82) is 0 Å². The van der Waals surface area contributed by atoms with E-state index in [1.54, 1.807) is 0 Å². The summed E-state index contributed by atoms with van der Waals surface area (Å²) in [5, 5.41) is 4.04. The molecule has 0 spiro atoms. The zero-order valence-electron chi connectivity index (χ0n) is 24.9. The standard InChI is InChI=1S/C38H32BNO2Si/c1-25-17-20-27(21-18-25)40(32-22-19-26-11-5-6-12-29(26)38(32)43(2,3)4)28-23-35-37-36(24-28)42-34-16-10-8-14-31(34)39(37)30-13-7-9-15-33(30)41-35/h5-24H,1-4H3. The normalized spacial score (nSPS) is 13.0. The van der Waals surface area contributed by atoms with Gasteiger partial charge in [0.25, 0.3) is 6.71 Å². The first-order valence-electron chi connectivity index (χ1n) is 15.0. The second-order valence-electron chi connectivity index (χ2n) is 12.7. The molecule has 0 bridgehead atoms. The summed E-state index contributed by atoms with van der Waals surface area (Å²) in [6.07, 6.45) is 0. The highest BCUT2D eigenvalue weighted by atomic mass is 28.3. The van der Waals surface area contributed by atoms with Gasteiger partial charge in [0.05, 0.1) is 13.8 Å². The average Bonchev–Trinajstić information content (AvgIpc) is 3.01. The van der Waals surface area contributed by atoms with Crippen LogP contribution in [-0.2, 0) is 0 Å². The van der Waals surface area contributed by atoms with E-state index in [1.165, 1.54) is 38.1 Å². The Labute approximate surface area is 254 Å². The lowest BCUT2D eigenvalue weighted by Gasteiger charge is -2.36. The number of hydrogen-bond donors (Lipinski definition) is 0. The molecule has 208 valence electrons. The number of fused-ring (bicyclic) bond motifs is 5. The first kappa shape index (κ1) is 25.9. The van der Waals surface area contributed by atoms with Crippen LogP contribution >= 0.6 is 0 Å². The Bertz CT molecular complexity index is 1980. The smallest absolute Gasteiger partial charge is 0.260 e. The van der Waals surface area contributed by atoms with Crippen LogP contribution in [0.5, 0.6) is 23.0 Å². The van der Waals surface area contributed by atoms with Crippen LogP contribution in [0.15, 0.2) is 121 Å². The maximum atomic E-state index is 6.69. The molecular formula is C38H32BNO2Si. The monoisotopic (exact) mass is 573 g/mol. The summed E-state index contributed by atoms with van der Waals surface area (Å²) in [4.78, 5) is 2.40. The molecule has 8 rings (SSSR count). The Morgan fingerprint density at radius 3 is 1.79 bits per heavy atom. The van der Waals surface area contributed by atoms with Gasteiger partial charge in [-0.3, -0.25) is 0 Å². The molecule has 6 aromatic rings. The van der Waals surface area contributed by atoms with Crippen molar-refractivity contribution < 1.29 is 9.47 Å².